The topological polar surface area (TPSA) is 71.2 Å². The van der Waals surface area contributed by atoms with Crippen LogP contribution in [0.2, 0.25) is 0 Å². The summed E-state index contributed by atoms with van der Waals surface area (Å²) >= 11 is 1.76. The van der Waals surface area contributed by atoms with Gasteiger partial charge in [0.1, 0.15) is 5.82 Å². The molecule has 1 fully saturated rings. The molecule has 1 amide bonds. The predicted molar refractivity (Wildman–Crippen MR) is 97.9 cm³/mol. The molecule has 3 N–H and O–H groups in total. The molecule has 0 aromatic carbocycles. The first kappa shape index (κ1) is 16.9. The minimum Gasteiger partial charge on any atom is -0.369 e. The quantitative estimate of drug-likeness (QED) is 0.845. The number of thiophene rings is 1. The number of anilines is 1. The number of piperidine rings is 1. The van der Waals surface area contributed by atoms with Gasteiger partial charge in [-0.1, -0.05) is 12.1 Å². The maximum atomic E-state index is 11.5. The SMILES string of the molecule is CC(NCc1cccnc1N1CCCC(C(N)=O)C1)c1cccs1. The lowest BCUT2D eigenvalue weighted by molar-refractivity contribution is -0.122. The molecule has 3 heterocycles. The Balaban J connectivity index is 1.69. The van der Waals surface area contributed by atoms with Gasteiger partial charge in [-0.3, -0.25) is 4.79 Å². The number of nitrogens with zero attached hydrogens (tertiary/aromatic N) is 2. The van der Waals surface area contributed by atoms with Gasteiger partial charge in [0.2, 0.25) is 5.91 Å². The van der Waals surface area contributed by atoms with Crippen molar-refractivity contribution in [2.24, 2.45) is 11.7 Å². The first-order valence-corrected chi connectivity index (χ1v) is 9.28. The van der Waals surface area contributed by atoms with Crippen LogP contribution >= 0.6 is 11.3 Å². The molecule has 1 aliphatic heterocycles. The number of aromatic nitrogens is 1. The Morgan fingerprint density at radius 3 is 3.12 bits per heavy atom. The Morgan fingerprint density at radius 1 is 1.50 bits per heavy atom. The van der Waals surface area contributed by atoms with Crippen molar-refractivity contribution in [3.63, 3.8) is 0 Å². The van der Waals surface area contributed by atoms with Gasteiger partial charge in [0.05, 0.1) is 5.92 Å². The Bertz CT molecular complexity index is 673. The van der Waals surface area contributed by atoms with Crippen molar-refractivity contribution < 1.29 is 4.79 Å². The summed E-state index contributed by atoms with van der Waals surface area (Å²) in [6.45, 7) is 4.51. The van der Waals surface area contributed by atoms with Gasteiger partial charge < -0.3 is 16.0 Å². The van der Waals surface area contributed by atoms with Crippen LogP contribution in [0, 0.1) is 5.92 Å². The van der Waals surface area contributed by atoms with Crippen LogP contribution in [0.15, 0.2) is 35.8 Å². The van der Waals surface area contributed by atoms with E-state index in [2.05, 4.69) is 45.7 Å². The molecule has 1 saturated heterocycles. The fraction of sp³-hybridized carbons (Fsp3) is 0.444. The van der Waals surface area contributed by atoms with Crippen LogP contribution in [0.25, 0.3) is 0 Å². The summed E-state index contributed by atoms with van der Waals surface area (Å²) < 4.78 is 0. The molecule has 2 aromatic heterocycles. The zero-order valence-corrected chi connectivity index (χ0v) is 14.8. The number of nitrogens with one attached hydrogen (secondary N) is 1. The zero-order chi connectivity index (χ0) is 16.9. The number of amides is 1. The van der Waals surface area contributed by atoms with Gasteiger partial charge in [-0.2, -0.15) is 0 Å². The van der Waals surface area contributed by atoms with E-state index in [1.807, 2.05) is 12.3 Å². The second kappa shape index (κ2) is 7.77. The summed E-state index contributed by atoms with van der Waals surface area (Å²) in [5, 5.41) is 5.66. The maximum absolute atomic E-state index is 11.5. The van der Waals surface area contributed by atoms with E-state index in [-0.39, 0.29) is 11.8 Å². The van der Waals surface area contributed by atoms with E-state index in [1.165, 1.54) is 4.88 Å². The highest BCUT2D eigenvalue weighted by atomic mass is 32.1. The molecule has 5 nitrogen and oxygen atoms in total. The smallest absolute Gasteiger partial charge is 0.222 e. The summed E-state index contributed by atoms with van der Waals surface area (Å²) in [6.07, 6.45) is 3.67. The largest absolute Gasteiger partial charge is 0.369 e. The number of pyridine rings is 1. The molecule has 2 aromatic rings. The molecule has 0 radical (unpaired) electrons. The molecule has 1 aliphatic rings. The molecule has 0 aliphatic carbocycles. The summed E-state index contributed by atoms with van der Waals surface area (Å²) in [4.78, 5) is 19.6. The number of nitrogens with two attached hydrogens (primary N) is 1. The molecule has 0 bridgehead atoms. The number of carbonyl (C=O) groups excluding carboxylic acids is 1. The lowest BCUT2D eigenvalue weighted by Gasteiger charge is -2.33. The zero-order valence-electron chi connectivity index (χ0n) is 13.9. The summed E-state index contributed by atoms with van der Waals surface area (Å²) in [5.74, 6) is 0.683. The summed E-state index contributed by atoms with van der Waals surface area (Å²) in [6, 6.07) is 8.59. The third-order valence-corrected chi connectivity index (χ3v) is 5.61. The van der Waals surface area contributed by atoms with E-state index >= 15 is 0 Å². The molecule has 2 atom stereocenters. The minimum absolute atomic E-state index is 0.0772. The molecule has 128 valence electrons. The summed E-state index contributed by atoms with van der Waals surface area (Å²) in [5.41, 5.74) is 6.66. The van der Waals surface area contributed by atoms with Gasteiger partial charge in [0, 0.05) is 42.3 Å². The van der Waals surface area contributed by atoms with Crippen LogP contribution in [0.4, 0.5) is 5.82 Å². The van der Waals surface area contributed by atoms with Crippen LogP contribution in [0.3, 0.4) is 0 Å². The number of hydrogen-bond donors (Lipinski definition) is 2. The first-order chi connectivity index (χ1) is 11.6. The Morgan fingerprint density at radius 2 is 2.38 bits per heavy atom. The molecule has 0 spiro atoms. The van der Waals surface area contributed by atoms with Crippen LogP contribution in [0.5, 0.6) is 0 Å². The second-order valence-corrected chi connectivity index (χ2v) is 7.27. The molecule has 6 heteroatoms. The number of primary amides is 1. The molecule has 0 saturated carbocycles. The third-order valence-electron chi connectivity index (χ3n) is 4.56. The lowest BCUT2D eigenvalue weighted by Crippen LogP contribution is -2.42. The van der Waals surface area contributed by atoms with Crippen molar-refractivity contribution in [3.05, 3.63) is 46.3 Å². The molecule has 24 heavy (non-hydrogen) atoms. The predicted octanol–water partition coefficient (Wildman–Crippen LogP) is 2.70. The van der Waals surface area contributed by atoms with Gasteiger partial charge in [-0.25, -0.2) is 4.98 Å². The van der Waals surface area contributed by atoms with Gasteiger partial charge in [-0.05, 0) is 37.3 Å². The average Bonchev–Trinajstić information content (AvgIpc) is 3.15. The van der Waals surface area contributed by atoms with Crippen LogP contribution in [-0.2, 0) is 11.3 Å². The maximum Gasteiger partial charge on any atom is 0.222 e. The molecule has 3 rings (SSSR count). The number of hydrogen-bond acceptors (Lipinski definition) is 5. The van der Waals surface area contributed by atoms with E-state index in [1.54, 1.807) is 11.3 Å². The van der Waals surface area contributed by atoms with Gasteiger partial charge >= 0.3 is 0 Å². The normalized spacial score (nSPS) is 19.2. The Labute approximate surface area is 146 Å². The second-order valence-electron chi connectivity index (χ2n) is 6.29. The van der Waals surface area contributed by atoms with Crippen molar-refractivity contribution in [3.8, 4) is 0 Å². The monoisotopic (exact) mass is 344 g/mol. The fourth-order valence-corrected chi connectivity index (χ4v) is 3.91. The highest BCUT2D eigenvalue weighted by Crippen LogP contribution is 2.25. The minimum atomic E-state index is -0.207. The van der Waals surface area contributed by atoms with E-state index in [0.29, 0.717) is 12.6 Å². The van der Waals surface area contributed by atoms with Gasteiger partial charge in [-0.15, -0.1) is 11.3 Å². The van der Waals surface area contributed by atoms with Crippen LogP contribution in [0.1, 0.15) is 36.2 Å². The highest BCUT2D eigenvalue weighted by Gasteiger charge is 2.26. The molecular formula is C18H24N4OS. The van der Waals surface area contributed by atoms with E-state index < -0.39 is 0 Å². The fourth-order valence-electron chi connectivity index (χ4n) is 3.16. The van der Waals surface area contributed by atoms with Crippen LogP contribution in [-0.4, -0.2) is 24.0 Å². The van der Waals surface area contributed by atoms with Gasteiger partial charge in [0.15, 0.2) is 0 Å². The average molecular weight is 344 g/mol. The van der Waals surface area contributed by atoms with E-state index in [9.17, 15) is 4.79 Å². The van der Waals surface area contributed by atoms with E-state index in [4.69, 9.17) is 5.73 Å². The van der Waals surface area contributed by atoms with Crippen molar-refractivity contribution in [2.75, 3.05) is 18.0 Å². The van der Waals surface area contributed by atoms with Crippen molar-refractivity contribution in [2.45, 2.75) is 32.4 Å². The van der Waals surface area contributed by atoms with Crippen molar-refractivity contribution in [1.82, 2.24) is 10.3 Å². The van der Waals surface area contributed by atoms with Crippen molar-refractivity contribution >= 4 is 23.1 Å². The van der Waals surface area contributed by atoms with E-state index in [0.717, 1.165) is 37.3 Å². The molecular weight excluding hydrogens is 320 g/mol. The van der Waals surface area contributed by atoms with Gasteiger partial charge in [0.25, 0.3) is 0 Å². The lowest BCUT2D eigenvalue weighted by atomic mass is 9.97. The first-order valence-electron chi connectivity index (χ1n) is 8.40. The molecule has 2 unspecified atom stereocenters. The highest BCUT2D eigenvalue weighted by molar-refractivity contribution is 7.10. The third kappa shape index (κ3) is 3.94. The number of rotatable bonds is 6. The Hall–Kier alpha value is -1.92. The Kier molecular flexibility index (Phi) is 5.48. The number of carbonyl (C=O) groups is 1. The van der Waals surface area contributed by atoms with Crippen LogP contribution < -0.4 is 16.0 Å². The standard InChI is InChI=1S/C18H24N4OS/c1-13(16-7-4-10-24-16)21-11-14-5-2-8-20-18(14)22-9-3-6-15(12-22)17(19)23/h2,4-5,7-8,10,13,15,21H,3,6,9,11-12H2,1H3,(H2,19,23). The summed E-state index contributed by atoms with van der Waals surface area (Å²) in [7, 11) is 0. The van der Waals surface area contributed by atoms with Crippen molar-refractivity contribution in [1.29, 1.82) is 0 Å².